The molecule has 7 heteroatoms. The van der Waals surface area contributed by atoms with Crippen LogP contribution in [0.15, 0.2) is 0 Å². The lowest BCUT2D eigenvalue weighted by Crippen LogP contribution is -2.32. The molecule has 14 heavy (non-hydrogen) atoms. The third-order valence-electron chi connectivity index (χ3n) is 2.21. The zero-order valence-corrected chi connectivity index (χ0v) is 7.90. The summed E-state index contributed by atoms with van der Waals surface area (Å²) in [5, 5.41) is 16.9. The van der Waals surface area contributed by atoms with Crippen LogP contribution < -0.4 is 10.6 Å². The van der Waals surface area contributed by atoms with Gasteiger partial charge in [-0.05, 0) is 16.8 Å². The van der Waals surface area contributed by atoms with Gasteiger partial charge in [-0.1, -0.05) is 5.10 Å². The first-order valence-corrected chi connectivity index (χ1v) is 4.51. The molecule has 0 saturated carbocycles. The lowest BCUT2D eigenvalue weighted by atomic mass is 10.2. The molecule has 1 saturated heterocycles. The highest BCUT2D eigenvalue weighted by Crippen LogP contribution is 2.07. The van der Waals surface area contributed by atoms with Gasteiger partial charge in [-0.25, -0.2) is 4.68 Å². The molecule has 2 N–H and O–H groups in total. The van der Waals surface area contributed by atoms with Gasteiger partial charge in [0.1, 0.15) is 0 Å². The average Bonchev–Trinajstić information content (AvgIpc) is 2.72. The number of hydrogen-bond donors (Lipinski definition) is 2. The van der Waals surface area contributed by atoms with E-state index < -0.39 is 0 Å². The van der Waals surface area contributed by atoms with Crippen LogP contribution in [0.1, 0.15) is 12.8 Å². The Hall–Kier alpha value is -1.66. The highest BCUT2D eigenvalue weighted by molar-refractivity contribution is 5.78. The Labute approximate surface area is 80.9 Å². The lowest BCUT2D eigenvalue weighted by Gasteiger charge is -2.10. The maximum absolute atomic E-state index is 10.9. The fraction of sp³-hybridized carbons (Fsp3) is 0.714. The first-order chi connectivity index (χ1) is 6.75. The van der Waals surface area contributed by atoms with Crippen molar-refractivity contribution in [2.45, 2.75) is 18.9 Å². The predicted octanol–water partition coefficient (Wildman–Crippen LogP) is -1.10. The standard InChI is InChI=1S/C7H12N6O/c1-13-7(10-11-12-13)8-4-5-2-3-6(14)9-5/h5H,2-4H2,1H3,(H,9,14)(H,8,10,12). The molecular formula is C7H12N6O. The van der Waals surface area contributed by atoms with E-state index in [4.69, 9.17) is 0 Å². The molecule has 1 aromatic rings. The van der Waals surface area contributed by atoms with Crippen LogP contribution in [0.2, 0.25) is 0 Å². The van der Waals surface area contributed by atoms with E-state index in [1.54, 1.807) is 11.7 Å². The molecule has 1 amide bonds. The van der Waals surface area contributed by atoms with Crippen molar-refractivity contribution in [3.05, 3.63) is 0 Å². The van der Waals surface area contributed by atoms with E-state index in [-0.39, 0.29) is 11.9 Å². The molecule has 1 aliphatic rings. The number of hydrogen-bond acceptors (Lipinski definition) is 5. The Kier molecular flexibility index (Phi) is 2.30. The zero-order chi connectivity index (χ0) is 9.97. The number of carbonyl (C=O) groups is 1. The lowest BCUT2D eigenvalue weighted by molar-refractivity contribution is -0.119. The monoisotopic (exact) mass is 196 g/mol. The Morgan fingerprint density at radius 1 is 1.71 bits per heavy atom. The van der Waals surface area contributed by atoms with Crippen LogP contribution in [0.4, 0.5) is 5.95 Å². The van der Waals surface area contributed by atoms with Crippen molar-refractivity contribution in [3.63, 3.8) is 0 Å². The molecule has 2 heterocycles. The summed E-state index contributed by atoms with van der Waals surface area (Å²) in [6.45, 7) is 0.667. The minimum Gasteiger partial charge on any atom is -0.352 e. The number of tetrazole rings is 1. The second kappa shape index (κ2) is 3.60. The molecule has 1 unspecified atom stereocenters. The second-order valence-electron chi connectivity index (χ2n) is 3.31. The second-order valence-corrected chi connectivity index (χ2v) is 3.31. The molecular weight excluding hydrogens is 184 g/mol. The van der Waals surface area contributed by atoms with Crippen molar-refractivity contribution >= 4 is 11.9 Å². The first kappa shape index (κ1) is 8.92. The highest BCUT2D eigenvalue weighted by atomic mass is 16.1. The minimum atomic E-state index is 0.118. The van der Waals surface area contributed by atoms with Gasteiger partial charge in [0, 0.05) is 26.1 Å². The molecule has 1 aromatic heterocycles. The summed E-state index contributed by atoms with van der Waals surface area (Å²) < 4.78 is 1.55. The highest BCUT2D eigenvalue weighted by Gasteiger charge is 2.20. The third-order valence-corrected chi connectivity index (χ3v) is 2.21. The van der Waals surface area contributed by atoms with E-state index in [2.05, 4.69) is 26.2 Å². The molecule has 0 radical (unpaired) electrons. The van der Waals surface area contributed by atoms with Crippen LogP contribution >= 0.6 is 0 Å². The van der Waals surface area contributed by atoms with Gasteiger partial charge in [0.15, 0.2) is 0 Å². The molecule has 0 bridgehead atoms. The maximum atomic E-state index is 10.9. The van der Waals surface area contributed by atoms with E-state index in [1.807, 2.05) is 0 Å². The Bertz CT molecular complexity index is 335. The quantitative estimate of drug-likeness (QED) is 0.641. The molecule has 7 nitrogen and oxygen atoms in total. The maximum Gasteiger partial charge on any atom is 0.242 e. The molecule has 76 valence electrons. The molecule has 0 aliphatic carbocycles. The summed E-state index contributed by atoms with van der Waals surface area (Å²) in [5.41, 5.74) is 0. The summed E-state index contributed by atoms with van der Waals surface area (Å²) in [4.78, 5) is 10.9. The number of rotatable bonds is 3. The van der Waals surface area contributed by atoms with Crippen molar-refractivity contribution in [3.8, 4) is 0 Å². The van der Waals surface area contributed by atoms with Crippen molar-refractivity contribution in [2.75, 3.05) is 11.9 Å². The van der Waals surface area contributed by atoms with Gasteiger partial charge in [-0.15, -0.1) is 0 Å². The van der Waals surface area contributed by atoms with Gasteiger partial charge in [-0.3, -0.25) is 4.79 Å². The summed E-state index contributed by atoms with van der Waals surface area (Å²) in [7, 11) is 1.76. The Balaban J connectivity index is 1.83. The smallest absolute Gasteiger partial charge is 0.242 e. The minimum absolute atomic E-state index is 0.118. The first-order valence-electron chi connectivity index (χ1n) is 4.51. The van der Waals surface area contributed by atoms with Crippen LogP contribution in [0.25, 0.3) is 0 Å². The molecule has 0 spiro atoms. The normalized spacial score (nSPS) is 20.9. The topological polar surface area (TPSA) is 84.7 Å². The molecule has 1 aliphatic heterocycles. The van der Waals surface area contributed by atoms with E-state index in [0.717, 1.165) is 6.42 Å². The van der Waals surface area contributed by atoms with Crippen LogP contribution in [0.3, 0.4) is 0 Å². The van der Waals surface area contributed by atoms with Gasteiger partial charge in [0.05, 0.1) is 0 Å². The zero-order valence-electron chi connectivity index (χ0n) is 7.90. The largest absolute Gasteiger partial charge is 0.352 e. The van der Waals surface area contributed by atoms with Crippen molar-refractivity contribution in [1.82, 2.24) is 25.5 Å². The van der Waals surface area contributed by atoms with Gasteiger partial charge < -0.3 is 10.6 Å². The third kappa shape index (κ3) is 1.81. The van der Waals surface area contributed by atoms with Crippen molar-refractivity contribution in [2.24, 2.45) is 7.05 Å². The summed E-state index contributed by atoms with van der Waals surface area (Å²) in [6, 6.07) is 0.194. The Morgan fingerprint density at radius 3 is 3.14 bits per heavy atom. The average molecular weight is 196 g/mol. The van der Waals surface area contributed by atoms with Crippen LogP contribution in [-0.2, 0) is 11.8 Å². The van der Waals surface area contributed by atoms with Crippen LogP contribution in [0, 0.1) is 0 Å². The predicted molar refractivity (Wildman–Crippen MR) is 48.5 cm³/mol. The van der Waals surface area contributed by atoms with Crippen LogP contribution in [0.5, 0.6) is 0 Å². The fourth-order valence-corrected chi connectivity index (χ4v) is 1.42. The van der Waals surface area contributed by atoms with E-state index >= 15 is 0 Å². The summed E-state index contributed by atoms with van der Waals surface area (Å²) in [6.07, 6.45) is 1.49. The molecule has 1 atom stereocenters. The molecule has 1 fully saturated rings. The fourth-order valence-electron chi connectivity index (χ4n) is 1.42. The van der Waals surface area contributed by atoms with Gasteiger partial charge in [0.2, 0.25) is 11.9 Å². The van der Waals surface area contributed by atoms with E-state index in [9.17, 15) is 4.79 Å². The number of nitrogens with zero attached hydrogens (tertiary/aromatic N) is 4. The Morgan fingerprint density at radius 2 is 2.57 bits per heavy atom. The molecule has 2 rings (SSSR count). The molecule has 0 aromatic carbocycles. The number of amides is 1. The summed E-state index contributed by atoms with van der Waals surface area (Å²) >= 11 is 0. The number of carbonyl (C=O) groups excluding carboxylic acids is 1. The number of aromatic nitrogens is 4. The van der Waals surface area contributed by atoms with E-state index in [1.165, 1.54) is 0 Å². The number of anilines is 1. The van der Waals surface area contributed by atoms with Gasteiger partial charge >= 0.3 is 0 Å². The van der Waals surface area contributed by atoms with Gasteiger partial charge in [0.25, 0.3) is 0 Å². The van der Waals surface area contributed by atoms with Crippen molar-refractivity contribution < 1.29 is 4.79 Å². The number of aryl methyl sites for hydroxylation is 1. The number of nitrogens with one attached hydrogen (secondary N) is 2. The van der Waals surface area contributed by atoms with Crippen LogP contribution in [-0.4, -0.2) is 38.7 Å². The summed E-state index contributed by atoms with van der Waals surface area (Å²) in [5.74, 6) is 0.735. The SMILES string of the molecule is Cn1nnnc1NCC1CCC(=O)N1. The van der Waals surface area contributed by atoms with E-state index in [0.29, 0.717) is 18.9 Å². The van der Waals surface area contributed by atoms with Crippen molar-refractivity contribution in [1.29, 1.82) is 0 Å². The van der Waals surface area contributed by atoms with Gasteiger partial charge in [-0.2, -0.15) is 0 Å².